The average molecular weight is 289 g/mol. The Morgan fingerprint density at radius 3 is 2.95 bits per heavy atom. The first-order valence-corrected chi connectivity index (χ1v) is 7.42. The van der Waals surface area contributed by atoms with E-state index in [1.54, 1.807) is 0 Å². The summed E-state index contributed by atoms with van der Waals surface area (Å²) in [6, 6.07) is 1.95. The molecule has 1 atom stereocenters. The summed E-state index contributed by atoms with van der Waals surface area (Å²) in [6.45, 7) is 4.55. The van der Waals surface area contributed by atoms with Gasteiger partial charge in [0.25, 0.3) is 0 Å². The molecule has 0 fully saturated rings. The van der Waals surface area contributed by atoms with Crippen LogP contribution in [-0.4, -0.2) is 22.7 Å². The molecule has 3 rings (SSSR count). The molecule has 21 heavy (non-hydrogen) atoms. The second-order valence-electron chi connectivity index (χ2n) is 5.40. The topological polar surface area (TPSA) is 72.6 Å². The third kappa shape index (κ3) is 2.42. The standard InChI is InChI=1S/C16H19NO4/c1-3-20-9(2)13-11-7-5-4-6-10(11)8-12-14(13)17-15(21-12)16(18)19/h8-9H,3-7H2,1-2H3,(H,18,19). The number of carboxylic acid groups (broad SMARTS) is 1. The minimum Gasteiger partial charge on any atom is -0.474 e. The van der Waals surface area contributed by atoms with Crippen molar-refractivity contribution in [1.82, 2.24) is 4.98 Å². The normalized spacial score (nSPS) is 15.9. The zero-order valence-corrected chi connectivity index (χ0v) is 12.3. The lowest BCUT2D eigenvalue weighted by Crippen LogP contribution is -2.11. The van der Waals surface area contributed by atoms with Crippen LogP contribution < -0.4 is 0 Å². The Balaban J connectivity index is 2.25. The number of aromatic carboxylic acids is 1. The van der Waals surface area contributed by atoms with E-state index in [0.29, 0.717) is 17.7 Å². The molecule has 0 spiro atoms. The van der Waals surface area contributed by atoms with Gasteiger partial charge in [-0.15, -0.1) is 0 Å². The largest absolute Gasteiger partial charge is 0.474 e. The summed E-state index contributed by atoms with van der Waals surface area (Å²) < 4.78 is 11.1. The fourth-order valence-electron chi connectivity index (χ4n) is 3.18. The molecule has 0 bridgehead atoms. The molecule has 0 amide bonds. The van der Waals surface area contributed by atoms with Gasteiger partial charge in [-0.25, -0.2) is 9.78 Å². The van der Waals surface area contributed by atoms with Crippen molar-refractivity contribution in [2.45, 2.75) is 45.6 Å². The number of benzene rings is 1. The molecule has 5 heteroatoms. The van der Waals surface area contributed by atoms with Crippen molar-refractivity contribution in [2.24, 2.45) is 0 Å². The summed E-state index contributed by atoms with van der Waals surface area (Å²) in [5, 5.41) is 9.10. The predicted octanol–water partition coefficient (Wildman–Crippen LogP) is 3.50. The highest BCUT2D eigenvalue weighted by Gasteiger charge is 2.25. The van der Waals surface area contributed by atoms with Crippen molar-refractivity contribution in [1.29, 1.82) is 0 Å². The van der Waals surface area contributed by atoms with Crippen molar-refractivity contribution >= 4 is 17.1 Å². The Morgan fingerprint density at radius 2 is 2.24 bits per heavy atom. The zero-order chi connectivity index (χ0) is 15.0. The molecule has 0 saturated carbocycles. The molecule has 0 aliphatic heterocycles. The highest BCUT2D eigenvalue weighted by Crippen LogP contribution is 2.36. The monoisotopic (exact) mass is 289 g/mol. The summed E-state index contributed by atoms with van der Waals surface area (Å²) in [4.78, 5) is 15.3. The lowest BCUT2D eigenvalue weighted by molar-refractivity contribution is 0.0656. The van der Waals surface area contributed by atoms with Crippen LogP contribution in [0.1, 0.15) is 60.2 Å². The number of rotatable bonds is 4. The Morgan fingerprint density at radius 1 is 1.48 bits per heavy atom. The minimum absolute atomic E-state index is 0.114. The van der Waals surface area contributed by atoms with Gasteiger partial charge in [0.2, 0.25) is 0 Å². The van der Waals surface area contributed by atoms with E-state index >= 15 is 0 Å². The summed E-state index contributed by atoms with van der Waals surface area (Å²) in [7, 11) is 0. The maximum atomic E-state index is 11.1. The Hall–Kier alpha value is -1.88. The highest BCUT2D eigenvalue weighted by atomic mass is 16.5. The Bertz CT molecular complexity index is 689. The van der Waals surface area contributed by atoms with E-state index in [2.05, 4.69) is 4.98 Å². The van der Waals surface area contributed by atoms with Crippen LogP contribution in [0.25, 0.3) is 11.1 Å². The molecular weight excluding hydrogens is 270 g/mol. The van der Waals surface area contributed by atoms with Crippen LogP contribution in [-0.2, 0) is 17.6 Å². The summed E-state index contributed by atoms with van der Waals surface area (Å²) in [5.74, 6) is -1.39. The van der Waals surface area contributed by atoms with Gasteiger partial charge >= 0.3 is 11.9 Å². The lowest BCUT2D eigenvalue weighted by atomic mass is 9.86. The average Bonchev–Trinajstić information content (AvgIpc) is 2.88. The number of aromatic nitrogens is 1. The van der Waals surface area contributed by atoms with Gasteiger partial charge in [0.1, 0.15) is 5.52 Å². The summed E-state index contributed by atoms with van der Waals surface area (Å²) >= 11 is 0. The second-order valence-corrected chi connectivity index (χ2v) is 5.40. The van der Waals surface area contributed by atoms with E-state index in [4.69, 9.17) is 14.3 Å². The fourth-order valence-corrected chi connectivity index (χ4v) is 3.18. The first-order chi connectivity index (χ1) is 10.1. The van der Waals surface area contributed by atoms with Crippen molar-refractivity contribution < 1.29 is 19.1 Å². The number of ether oxygens (including phenoxy) is 1. The Kier molecular flexibility index (Phi) is 3.68. The number of oxazole rings is 1. The second kappa shape index (κ2) is 5.48. The van der Waals surface area contributed by atoms with E-state index in [1.165, 1.54) is 11.1 Å². The van der Waals surface area contributed by atoms with Crippen LogP contribution in [0.5, 0.6) is 0 Å². The molecule has 1 aliphatic rings. The Labute approximate surface area is 122 Å². The molecule has 5 nitrogen and oxygen atoms in total. The minimum atomic E-state index is -1.14. The van der Waals surface area contributed by atoms with E-state index < -0.39 is 5.97 Å². The quantitative estimate of drug-likeness (QED) is 0.932. The molecule has 1 aromatic heterocycles. The number of fused-ring (bicyclic) bond motifs is 2. The number of carboxylic acids is 1. The molecule has 1 heterocycles. The molecule has 1 unspecified atom stereocenters. The summed E-state index contributed by atoms with van der Waals surface area (Å²) in [6.07, 6.45) is 4.18. The first kappa shape index (κ1) is 14.1. The number of carbonyl (C=O) groups is 1. The smallest absolute Gasteiger partial charge is 0.392 e. The molecule has 1 N–H and O–H groups in total. The molecule has 1 aliphatic carbocycles. The van der Waals surface area contributed by atoms with Gasteiger partial charge in [-0.2, -0.15) is 0 Å². The SMILES string of the molecule is CCOC(C)c1c2c(cc3oc(C(=O)O)nc13)CCCC2. The van der Waals surface area contributed by atoms with Crippen LogP contribution in [0.3, 0.4) is 0 Å². The van der Waals surface area contributed by atoms with Crippen LogP contribution >= 0.6 is 0 Å². The first-order valence-electron chi connectivity index (χ1n) is 7.42. The van der Waals surface area contributed by atoms with Gasteiger partial charge in [-0.05, 0) is 56.7 Å². The molecule has 1 aromatic carbocycles. The van der Waals surface area contributed by atoms with Gasteiger partial charge in [-0.3, -0.25) is 0 Å². The van der Waals surface area contributed by atoms with Crippen LogP contribution in [0.15, 0.2) is 10.5 Å². The number of nitrogens with zero attached hydrogens (tertiary/aromatic N) is 1. The van der Waals surface area contributed by atoms with Crippen LogP contribution in [0.4, 0.5) is 0 Å². The van der Waals surface area contributed by atoms with Gasteiger partial charge in [0.15, 0.2) is 5.58 Å². The highest BCUT2D eigenvalue weighted by molar-refractivity contribution is 5.88. The molecule has 2 aromatic rings. The van der Waals surface area contributed by atoms with E-state index in [0.717, 1.165) is 31.2 Å². The molecule has 112 valence electrons. The molecule has 0 saturated heterocycles. The predicted molar refractivity (Wildman–Crippen MR) is 77.7 cm³/mol. The van der Waals surface area contributed by atoms with Gasteiger partial charge in [0.05, 0.1) is 6.10 Å². The van der Waals surface area contributed by atoms with Crippen molar-refractivity contribution in [2.75, 3.05) is 6.61 Å². The van der Waals surface area contributed by atoms with Crippen molar-refractivity contribution in [3.05, 3.63) is 28.6 Å². The van der Waals surface area contributed by atoms with Crippen LogP contribution in [0, 0.1) is 0 Å². The third-order valence-electron chi connectivity index (χ3n) is 4.06. The van der Waals surface area contributed by atoms with Crippen LogP contribution in [0.2, 0.25) is 0 Å². The zero-order valence-electron chi connectivity index (χ0n) is 12.3. The summed E-state index contributed by atoms with van der Waals surface area (Å²) in [5.41, 5.74) is 4.69. The third-order valence-corrected chi connectivity index (χ3v) is 4.06. The van der Waals surface area contributed by atoms with Gasteiger partial charge in [-0.1, -0.05) is 0 Å². The van der Waals surface area contributed by atoms with E-state index in [-0.39, 0.29) is 12.0 Å². The maximum Gasteiger partial charge on any atom is 0.392 e. The van der Waals surface area contributed by atoms with Gasteiger partial charge in [0, 0.05) is 12.2 Å². The number of hydrogen-bond acceptors (Lipinski definition) is 4. The van der Waals surface area contributed by atoms with Crippen molar-refractivity contribution in [3.63, 3.8) is 0 Å². The van der Waals surface area contributed by atoms with Gasteiger partial charge < -0.3 is 14.3 Å². The van der Waals surface area contributed by atoms with E-state index in [1.807, 2.05) is 19.9 Å². The molecular formula is C16H19NO4. The van der Waals surface area contributed by atoms with E-state index in [9.17, 15) is 4.79 Å². The lowest BCUT2D eigenvalue weighted by Gasteiger charge is -2.23. The number of aryl methyl sites for hydroxylation is 1. The number of hydrogen-bond donors (Lipinski definition) is 1. The maximum absolute atomic E-state index is 11.1. The fraction of sp³-hybridized carbons (Fsp3) is 0.500. The molecule has 0 radical (unpaired) electrons. The van der Waals surface area contributed by atoms with Crippen molar-refractivity contribution in [3.8, 4) is 0 Å².